The molecule has 2 heteroatoms. The van der Waals surface area contributed by atoms with Gasteiger partial charge < -0.3 is 4.74 Å². The van der Waals surface area contributed by atoms with Crippen LogP contribution >= 0.6 is 0 Å². The standard InChI is InChI=1S/C15H22O2/c1-3-5-8-11-17-15-10-7-6-9-13(15)12-14(16)4-2/h6-7,9-10H,3-5,8,11-12H2,1-2H3. The third-order valence-corrected chi connectivity index (χ3v) is 2.76. The Hall–Kier alpha value is -1.31. The zero-order valence-corrected chi connectivity index (χ0v) is 10.9. The molecule has 94 valence electrons. The molecule has 0 amide bonds. The van der Waals surface area contributed by atoms with E-state index in [1.807, 2.05) is 31.2 Å². The molecule has 0 N–H and O–H groups in total. The van der Waals surface area contributed by atoms with Crippen molar-refractivity contribution in [1.29, 1.82) is 0 Å². The molecule has 2 nitrogen and oxygen atoms in total. The second-order valence-corrected chi connectivity index (χ2v) is 4.23. The minimum absolute atomic E-state index is 0.259. The average Bonchev–Trinajstić information content (AvgIpc) is 2.36. The highest BCUT2D eigenvalue weighted by atomic mass is 16.5. The summed E-state index contributed by atoms with van der Waals surface area (Å²) in [4.78, 5) is 11.5. The number of rotatable bonds is 8. The maximum atomic E-state index is 11.5. The van der Waals surface area contributed by atoms with Crippen LogP contribution in [-0.4, -0.2) is 12.4 Å². The van der Waals surface area contributed by atoms with Gasteiger partial charge in [-0.1, -0.05) is 44.9 Å². The van der Waals surface area contributed by atoms with Crippen molar-refractivity contribution in [3.63, 3.8) is 0 Å². The largest absolute Gasteiger partial charge is 0.493 e. The Morgan fingerprint density at radius 2 is 1.94 bits per heavy atom. The fourth-order valence-corrected chi connectivity index (χ4v) is 1.66. The molecule has 1 aromatic carbocycles. The maximum Gasteiger partial charge on any atom is 0.137 e. The van der Waals surface area contributed by atoms with E-state index < -0.39 is 0 Å². The highest BCUT2D eigenvalue weighted by Gasteiger charge is 2.06. The van der Waals surface area contributed by atoms with Crippen LogP contribution in [0.1, 0.15) is 45.1 Å². The molecule has 0 heterocycles. The van der Waals surface area contributed by atoms with Crippen molar-refractivity contribution >= 4 is 5.78 Å². The lowest BCUT2D eigenvalue weighted by atomic mass is 10.1. The monoisotopic (exact) mass is 234 g/mol. The predicted octanol–water partition coefficient (Wildman–Crippen LogP) is 3.78. The average molecular weight is 234 g/mol. The van der Waals surface area contributed by atoms with Crippen LogP contribution < -0.4 is 4.74 Å². The second-order valence-electron chi connectivity index (χ2n) is 4.23. The fourth-order valence-electron chi connectivity index (χ4n) is 1.66. The first-order valence-electron chi connectivity index (χ1n) is 6.50. The first-order valence-corrected chi connectivity index (χ1v) is 6.50. The Labute approximate surface area is 104 Å². The van der Waals surface area contributed by atoms with Crippen molar-refractivity contribution in [2.45, 2.75) is 46.0 Å². The smallest absolute Gasteiger partial charge is 0.137 e. The summed E-state index contributed by atoms with van der Waals surface area (Å²) in [6, 6.07) is 7.83. The first-order chi connectivity index (χ1) is 8.27. The second kappa shape index (κ2) is 7.88. The maximum absolute atomic E-state index is 11.5. The number of hydrogen-bond donors (Lipinski definition) is 0. The van der Waals surface area contributed by atoms with Crippen molar-refractivity contribution in [3.05, 3.63) is 29.8 Å². The third kappa shape index (κ3) is 5.03. The molecule has 0 aliphatic carbocycles. The molecular formula is C15H22O2. The highest BCUT2D eigenvalue weighted by Crippen LogP contribution is 2.19. The molecule has 0 bridgehead atoms. The van der Waals surface area contributed by atoms with Gasteiger partial charge in [0.2, 0.25) is 0 Å². The lowest BCUT2D eigenvalue weighted by Gasteiger charge is -2.10. The van der Waals surface area contributed by atoms with E-state index in [9.17, 15) is 4.79 Å². The van der Waals surface area contributed by atoms with Gasteiger partial charge >= 0.3 is 0 Å². The summed E-state index contributed by atoms with van der Waals surface area (Å²) in [6.45, 7) is 4.81. The molecule has 0 aromatic heterocycles. The summed E-state index contributed by atoms with van der Waals surface area (Å²) in [5, 5.41) is 0. The Morgan fingerprint density at radius 3 is 2.65 bits per heavy atom. The van der Waals surface area contributed by atoms with Crippen molar-refractivity contribution in [2.75, 3.05) is 6.61 Å². The molecule has 1 rings (SSSR count). The quantitative estimate of drug-likeness (QED) is 0.640. The van der Waals surface area contributed by atoms with E-state index >= 15 is 0 Å². The summed E-state index contributed by atoms with van der Waals surface area (Å²) in [5.41, 5.74) is 1.01. The molecule has 0 unspecified atom stereocenters. The van der Waals surface area contributed by atoms with Gasteiger partial charge in [0.1, 0.15) is 11.5 Å². The minimum Gasteiger partial charge on any atom is -0.493 e. The van der Waals surface area contributed by atoms with Crippen LogP contribution in [0.5, 0.6) is 5.75 Å². The van der Waals surface area contributed by atoms with Crippen LogP contribution in [-0.2, 0) is 11.2 Å². The number of hydrogen-bond acceptors (Lipinski definition) is 2. The van der Waals surface area contributed by atoms with E-state index in [4.69, 9.17) is 4.74 Å². The van der Waals surface area contributed by atoms with Crippen molar-refractivity contribution in [2.24, 2.45) is 0 Å². The Bertz CT molecular complexity index is 345. The van der Waals surface area contributed by atoms with Gasteiger partial charge in [0, 0.05) is 18.4 Å². The van der Waals surface area contributed by atoms with Crippen LogP contribution in [0.4, 0.5) is 0 Å². The van der Waals surface area contributed by atoms with Crippen LogP contribution in [0.3, 0.4) is 0 Å². The number of Topliss-reactive ketones (excluding diaryl/α,β-unsaturated/α-hetero) is 1. The number of para-hydroxylation sites is 1. The normalized spacial score (nSPS) is 10.2. The summed E-state index contributed by atoms with van der Waals surface area (Å²) in [5.74, 6) is 1.13. The van der Waals surface area contributed by atoms with Crippen LogP contribution in [0.15, 0.2) is 24.3 Å². The molecule has 0 radical (unpaired) electrons. The molecule has 0 saturated carbocycles. The predicted molar refractivity (Wildman–Crippen MR) is 70.5 cm³/mol. The van der Waals surface area contributed by atoms with Gasteiger partial charge in [-0.3, -0.25) is 4.79 Å². The molecule has 17 heavy (non-hydrogen) atoms. The summed E-state index contributed by atoms with van der Waals surface area (Å²) >= 11 is 0. The van der Waals surface area contributed by atoms with E-state index in [0.717, 1.165) is 24.3 Å². The molecule has 0 aliphatic heterocycles. The van der Waals surface area contributed by atoms with E-state index in [1.54, 1.807) is 0 Å². The van der Waals surface area contributed by atoms with Crippen LogP contribution in [0, 0.1) is 0 Å². The van der Waals surface area contributed by atoms with E-state index in [2.05, 4.69) is 6.92 Å². The van der Waals surface area contributed by atoms with Crippen LogP contribution in [0.2, 0.25) is 0 Å². The van der Waals surface area contributed by atoms with Gasteiger partial charge in [-0.15, -0.1) is 0 Å². The molecular weight excluding hydrogens is 212 g/mol. The zero-order chi connectivity index (χ0) is 12.5. The fraction of sp³-hybridized carbons (Fsp3) is 0.533. The molecule has 0 atom stereocenters. The zero-order valence-electron chi connectivity index (χ0n) is 10.9. The first kappa shape index (κ1) is 13.8. The van der Waals surface area contributed by atoms with Crippen LogP contribution in [0.25, 0.3) is 0 Å². The third-order valence-electron chi connectivity index (χ3n) is 2.76. The molecule has 0 fully saturated rings. The number of carbonyl (C=O) groups excluding carboxylic acids is 1. The van der Waals surface area contributed by atoms with E-state index in [-0.39, 0.29) is 5.78 Å². The minimum atomic E-state index is 0.259. The summed E-state index contributed by atoms with van der Waals surface area (Å²) in [7, 11) is 0. The topological polar surface area (TPSA) is 26.3 Å². The van der Waals surface area contributed by atoms with Crippen molar-refractivity contribution in [1.82, 2.24) is 0 Å². The number of unbranched alkanes of at least 4 members (excludes halogenated alkanes) is 2. The van der Waals surface area contributed by atoms with Gasteiger partial charge in [0.25, 0.3) is 0 Å². The van der Waals surface area contributed by atoms with E-state index in [1.165, 1.54) is 12.8 Å². The number of carbonyl (C=O) groups is 1. The number of benzene rings is 1. The van der Waals surface area contributed by atoms with E-state index in [0.29, 0.717) is 12.8 Å². The van der Waals surface area contributed by atoms with Gasteiger partial charge in [-0.25, -0.2) is 0 Å². The summed E-state index contributed by atoms with van der Waals surface area (Å²) in [6.07, 6.45) is 4.53. The molecule has 1 aromatic rings. The number of ether oxygens (including phenoxy) is 1. The number of ketones is 1. The summed E-state index contributed by atoms with van der Waals surface area (Å²) < 4.78 is 5.73. The lowest BCUT2D eigenvalue weighted by Crippen LogP contribution is -2.04. The molecule has 0 spiro atoms. The van der Waals surface area contributed by atoms with Crippen molar-refractivity contribution < 1.29 is 9.53 Å². The Balaban J connectivity index is 2.54. The van der Waals surface area contributed by atoms with Crippen molar-refractivity contribution in [3.8, 4) is 5.75 Å². The Kier molecular flexibility index (Phi) is 6.38. The molecule has 0 aliphatic rings. The SMILES string of the molecule is CCCCCOc1ccccc1CC(=O)CC. The van der Waals surface area contributed by atoms with Gasteiger partial charge in [-0.2, -0.15) is 0 Å². The highest BCUT2D eigenvalue weighted by molar-refractivity contribution is 5.81. The Morgan fingerprint density at radius 1 is 1.18 bits per heavy atom. The molecule has 0 saturated heterocycles. The van der Waals surface area contributed by atoms with Gasteiger partial charge in [0.05, 0.1) is 6.61 Å². The van der Waals surface area contributed by atoms with Gasteiger partial charge in [0.15, 0.2) is 0 Å². The lowest BCUT2D eigenvalue weighted by molar-refractivity contribution is -0.118. The van der Waals surface area contributed by atoms with Gasteiger partial charge in [-0.05, 0) is 12.5 Å².